The van der Waals surface area contributed by atoms with Crippen molar-refractivity contribution in [1.82, 2.24) is 19.8 Å². The molecule has 3 aromatic rings. The molecule has 3 heterocycles. The summed E-state index contributed by atoms with van der Waals surface area (Å²) in [5.74, 6) is 0.770. The molecule has 2 fully saturated rings. The number of benzene rings is 2. The molecule has 0 saturated carbocycles. The highest BCUT2D eigenvalue weighted by Crippen LogP contribution is 2.44. The van der Waals surface area contributed by atoms with Gasteiger partial charge in [0, 0.05) is 12.8 Å². The van der Waals surface area contributed by atoms with Crippen LogP contribution in [-0.4, -0.2) is 65.3 Å². The van der Waals surface area contributed by atoms with Gasteiger partial charge in [-0.05, 0) is 32.1 Å². The Morgan fingerprint density at radius 3 is 2.50 bits per heavy atom. The summed E-state index contributed by atoms with van der Waals surface area (Å²) in [5, 5.41) is 0. The van der Waals surface area contributed by atoms with Gasteiger partial charge in [0.2, 0.25) is 5.91 Å². The van der Waals surface area contributed by atoms with Crippen LogP contribution in [0.2, 0.25) is 0 Å². The van der Waals surface area contributed by atoms with Crippen LogP contribution in [0, 0.1) is 6.92 Å². The molecule has 0 unspecified atom stereocenters. The Bertz CT molecular complexity index is 1120. The lowest BCUT2D eigenvalue weighted by atomic mass is 9.97. The summed E-state index contributed by atoms with van der Waals surface area (Å²) in [6, 6.07) is 17.6. The lowest BCUT2D eigenvalue weighted by molar-refractivity contribution is -0.173. The maximum Gasteiger partial charge on any atom is 0.247 e. The molecule has 1 amide bonds. The zero-order valence-electron chi connectivity index (χ0n) is 20.0. The molecule has 2 aliphatic heterocycles. The summed E-state index contributed by atoms with van der Waals surface area (Å²) in [6.45, 7) is 3.62. The number of aromatic nitrogens is 2. The third-order valence-corrected chi connectivity index (χ3v) is 6.91. The monoisotopic (exact) mass is 460 g/mol. The van der Waals surface area contributed by atoms with Gasteiger partial charge in [-0.1, -0.05) is 60.2 Å². The first kappa shape index (κ1) is 22.8. The average Bonchev–Trinajstić information content (AvgIpc) is 3.46. The molecular formula is C27H32N4O3. The lowest BCUT2D eigenvalue weighted by Crippen LogP contribution is -2.55. The maximum atomic E-state index is 14.3. The fourth-order valence-electron chi connectivity index (χ4n) is 5.11. The molecule has 1 aromatic heterocycles. The predicted octanol–water partition coefficient (Wildman–Crippen LogP) is 4.09. The van der Waals surface area contributed by atoms with Crippen LogP contribution in [-0.2, 0) is 14.3 Å². The summed E-state index contributed by atoms with van der Waals surface area (Å²) in [5.41, 5.74) is 3.49. The molecule has 5 rings (SSSR count). The molecule has 0 bridgehead atoms. The molecule has 2 atom stereocenters. The van der Waals surface area contributed by atoms with E-state index in [1.807, 2.05) is 60.4 Å². The molecule has 7 nitrogen and oxygen atoms in total. The number of H-pyrrole nitrogens is 1. The first-order valence-corrected chi connectivity index (χ1v) is 11.9. The second-order valence-electron chi connectivity index (χ2n) is 9.42. The van der Waals surface area contributed by atoms with Gasteiger partial charge in [-0.15, -0.1) is 0 Å². The summed E-state index contributed by atoms with van der Waals surface area (Å²) in [7, 11) is 3.89. The number of amides is 1. The van der Waals surface area contributed by atoms with E-state index >= 15 is 0 Å². The van der Waals surface area contributed by atoms with E-state index in [1.165, 1.54) is 5.56 Å². The van der Waals surface area contributed by atoms with Crippen LogP contribution in [0.3, 0.4) is 0 Å². The van der Waals surface area contributed by atoms with Crippen LogP contribution in [0.4, 0.5) is 0 Å². The van der Waals surface area contributed by atoms with Gasteiger partial charge >= 0.3 is 0 Å². The summed E-state index contributed by atoms with van der Waals surface area (Å²) in [4.78, 5) is 26.4. The zero-order chi connectivity index (χ0) is 23.7. The second-order valence-corrected chi connectivity index (χ2v) is 9.42. The van der Waals surface area contributed by atoms with Crippen LogP contribution in [0.15, 0.2) is 60.8 Å². The summed E-state index contributed by atoms with van der Waals surface area (Å²) >= 11 is 0. The van der Waals surface area contributed by atoms with Crippen molar-refractivity contribution in [3.63, 3.8) is 0 Å². The third kappa shape index (κ3) is 4.15. The van der Waals surface area contributed by atoms with Gasteiger partial charge in [-0.2, -0.15) is 0 Å². The number of likely N-dealkylation sites (N-methyl/N-ethyl adjacent to an activating group) is 1. The van der Waals surface area contributed by atoms with Crippen LogP contribution in [0.1, 0.15) is 41.9 Å². The fraction of sp³-hybridized carbons (Fsp3) is 0.407. The van der Waals surface area contributed by atoms with Gasteiger partial charge in [0.05, 0.1) is 31.7 Å². The van der Waals surface area contributed by atoms with E-state index in [9.17, 15) is 4.79 Å². The minimum absolute atomic E-state index is 0.0221. The first-order valence-electron chi connectivity index (χ1n) is 11.9. The highest BCUT2D eigenvalue weighted by molar-refractivity contribution is 5.84. The number of imidazole rings is 1. The molecule has 0 aliphatic carbocycles. The molecule has 178 valence electrons. The molecule has 34 heavy (non-hydrogen) atoms. The third-order valence-electron chi connectivity index (χ3n) is 6.91. The highest BCUT2D eigenvalue weighted by atomic mass is 16.5. The van der Waals surface area contributed by atoms with E-state index in [1.54, 1.807) is 0 Å². The minimum atomic E-state index is -0.681. The number of nitrogens with zero attached hydrogens (tertiary/aromatic N) is 3. The normalized spacial score (nSPS) is 20.7. The van der Waals surface area contributed by atoms with E-state index in [2.05, 4.69) is 36.2 Å². The fourth-order valence-corrected chi connectivity index (χ4v) is 5.11. The number of aromatic amines is 1. The number of hydrogen-bond acceptors (Lipinski definition) is 5. The first-order chi connectivity index (χ1) is 16.5. The quantitative estimate of drug-likeness (QED) is 0.621. The van der Waals surface area contributed by atoms with Gasteiger partial charge in [-0.25, -0.2) is 4.98 Å². The molecule has 7 heteroatoms. The number of hydrogen-bond donors (Lipinski definition) is 1. The summed E-state index contributed by atoms with van der Waals surface area (Å²) < 4.78 is 12.1. The van der Waals surface area contributed by atoms with Gasteiger partial charge in [-0.3, -0.25) is 14.6 Å². The maximum absolute atomic E-state index is 14.3. The van der Waals surface area contributed by atoms with Crippen molar-refractivity contribution in [2.45, 2.75) is 37.6 Å². The van der Waals surface area contributed by atoms with Gasteiger partial charge in [0.25, 0.3) is 0 Å². The Morgan fingerprint density at radius 2 is 1.82 bits per heavy atom. The number of carbonyl (C=O) groups excluding carboxylic acids is 1. The van der Waals surface area contributed by atoms with Crippen LogP contribution in [0.5, 0.6) is 0 Å². The largest absolute Gasteiger partial charge is 0.381 e. The SMILES string of the molecule is Cc1ccc(-c2cnc([C@@H]3COC4(CCOCC4)N3C(=O)[C@@H](c3ccccc3)N(C)C)[nH]2)cc1. The number of nitrogens with one attached hydrogen (secondary N) is 1. The van der Waals surface area contributed by atoms with Crippen molar-refractivity contribution in [1.29, 1.82) is 0 Å². The van der Waals surface area contributed by atoms with Crippen LogP contribution < -0.4 is 0 Å². The molecule has 1 spiro atoms. The van der Waals surface area contributed by atoms with Gasteiger partial charge in [0.1, 0.15) is 23.6 Å². The Balaban J connectivity index is 1.52. The average molecular weight is 461 g/mol. The molecule has 0 radical (unpaired) electrons. The molecule has 2 aromatic carbocycles. The van der Waals surface area contributed by atoms with Crippen molar-refractivity contribution in [2.75, 3.05) is 33.9 Å². The molecular weight excluding hydrogens is 428 g/mol. The number of carbonyl (C=O) groups is 1. The Hall–Kier alpha value is -3.00. The predicted molar refractivity (Wildman–Crippen MR) is 130 cm³/mol. The van der Waals surface area contributed by atoms with E-state index < -0.39 is 11.8 Å². The molecule has 1 N–H and O–H groups in total. The van der Waals surface area contributed by atoms with Gasteiger partial charge < -0.3 is 14.5 Å². The minimum Gasteiger partial charge on any atom is -0.381 e. The van der Waals surface area contributed by atoms with Crippen molar-refractivity contribution < 1.29 is 14.3 Å². The summed E-state index contributed by atoms with van der Waals surface area (Å²) in [6.07, 6.45) is 3.14. The van der Waals surface area contributed by atoms with Gasteiger partial charge in [0.15, 0.2) is 0 Å². The van der Waals surface area contributed by atoms with Crippen molar-refractivity contribution in [2.24, 2.45) is 0 Å². The number of rotatable bonds is 5. The highest BCUT2D eigenvalue weighted by Gasteiger charge is 2.53. The Labute approximate surface area is 200 Å². The molecule has 2 saturated heterocycles. The van der Waals surface area contributed by atoms with E-state index in [4.69, 9.17) is 14.5 Å². The lowest BCUT2D eigenvalue weighted by Gasteiger charge is -2.43. The van der Waals surface area contributed by atoms with Crippen molar-refractivity contribution in [3.8, 4) is 11.3 Å². The van der Waals surface area contributed by atoms with Crippen LogP contribution >= 0.6 is 0 Å². The van der Waals surface area contributed by atoms with Crippen molar-refractivity contribution >= 4 is 5.91 Å². The standard InChI is InChI=1S/C27H32N4O3/c1-19-9-11-20(12-10-19)22-17-28-25(29-22)23-18-34-27(13-15-33-16-14-27)31(23)26(32)24(30(2)3)21-7-5-4-6-8-21/h4-12,17,23-24H,13-16,18H2,1-3H3,(H,28,29)/t23-,24+/m0/s1. The van der Waals surface area contributed by atoms with Crippen LogP contribution in [0.25, 0.3) is 11.3 Å². The smallest absolute Gasteiger partial charge is 0.247 e. The Morgan fingerprint density at radius 1 is 1.12 bits per heavy atom. The number of aryl methyl sites for hydroxylation is 1. The number of ether oxygens (including phenoxy) is 2. The van der Waals surface area contributed by atoms with E-state index in [0.717, 1.165) is 22.6 Å². The second kappa shape index (κ2) is 9.33. The van der Waals surface area contributed by atoms with Crippen molar-refractivity contribution in [3.05, 3.63) is 77.7 Å². The topological polar surface area (TPSA) is 70.7 Å². The van der Waals surface area contributed by atoms with E-state index in [-0.39, 0.29) is 11.9 Å². The molecule has 2 aliphatic rings. The Kier molecular flexibility index (Phi) is 6.25. The zero-order valence-corrected chi connectivity index (χ0v) is 20.0. The van der Waals surface area contributed by atoms with E-state index in [0.29, 0.717) is 32.7 Å².